The molecule has 4 heteroatoms. The lowest BCUT2D eigenvalue weighted by Crippen LogP contribution is -2.37. The number of ether oxygens (including phenoxy) is 2. The van der Waals surface area contributed by atoms with E-state index in [-0.39, 0.29) is 12.6 Å². The van der Waals surface area contributed by atoms with E-state index < -0.39 is 12.0 Å². The first-order chi connectivity index (χ1) is 5.75. The van der Waals surface area contributed by atoms with Gasteiger partial charge in [-0.1, -0.05) is 0 Å². The molecule has 1 fully saturated rings. The van der Waals surface area contributed by atoms with E-state index in [1.54, 1.807) is 6.92 Å². The van der Waals surface area contributed by atoms with Gasteiger partial charge in [0.25, 0.3) is 0 Å². The monoisotopic (exact) mass is 173 g/mol. The van der Waals surface area contributed by atoms with Crippen LogP contribution in [0.25, 0.3) is 0 Å². The van der Waals surface area contributed by atoms with Crippen LogP contribution in [0.2, 0.25) is 0 Å². The van der Waals surface area contributed by atoms with E-state index in [9.17, 15) is 9.90 Å². The molecular weight excluding hydrogens is 160 g/mol. The molecule has 0 spiro atoms. The summed E-state index contributed by atoms with van der Waals surface area (Å²) in [5, 5.41) is 11.2. The smallest absolute Gasteiger partial charge is 0.311 e. The standard InChI is InChI=1S/C8H13O4/c1-2-12-8(10)6-3-4-11-5-7(6)9/h6-7H,2-5H2,1H3. The van der Waals surface area contributed by atoms with Crippen molar-refractivity contribution in [3.8, 4) is 0 Å². The first-order valence-corrected chi connectivity index (χ1v) is 4.16. The molecule has 0 amide bonds. The molecule has 12 heavy (non-hydrogen) atoms. The minimum atomic E-state index is -0.946. The highest BCUT2D eigenvalue weighted by molar-refractivity contribution is 5.73. The fraction of sp³-hybridized carbons (Fsp3) is 0.875. The van der Waals surface area contributed by atoms with Crippen molar-refractivity contribution in [3.63, 3.8) is 0 Å². The molecule has 1 heterocycles. The average molecular weight is 173 g/mol. The van der Waals surface area contributed by atoms with Gasteiger partial charge in [-0.2, -0.15) is 0 Å². The van der Waals surface area contributed by atoms with Crippen molar-refractivity contribution in [2.24, 2.45) is 5.92 Å². The van der Waals surface area contributed by atoms with Crippen molar-refractivity contribution >= 4 is 5.97 Å². The van der Waals surface area contributed by atoms with Gasteiger partial charge in [0, 0.05) is 6.61 Å². The van der Waals surface area contributed by atoms with Crippen LogP contribution in [0.3, 0.4) is 0 Å². The van der Waals surface area contributed by atoms with E-state index in [2.05, 4.69) is 0 Å². The van der Waals surface area contributed by atoms with Crippen LogP contribution in [0.4, 0.5) is 0 Å². The molecule has 0 aromatic rings. The molecule has 2 atom stereocenters. The van der Waals surface area contributed by atoms with Crippen LogP contribution in [0.1, 0.15) is 13.3 Å². The van der Waals surface area contributed by atoms with Crippen molar-refractivity contribution in [3.05, 3.63) is 0 Å². The fourth-order valence-electron chi connectivity index (χ4n) is 1.23. The Morgan fingerprint density at radius 2 is 2.42 bits per heavy atom. The van der Waals surface area contributed by atoms with Crippen LogP contribution in [-0.2, 0) is 19.4 Å². The topological polar surface area (TPSA) is 55.4 Å². The summed E-state index contributed by atoms with van der Waals surface area (Å²) in [6.07, 6.45) is -0.453. The summed E-state index contributed by atoms with van der Waals surface area (Å²) < 4.78 is 9.68. The van der Waals surface area contributed by atoms with Crippen LogP contribution in [0.15, 0.2) is 0 Å². The zero-order chi connectivity index (χ0) is 8.97. The summed E-state index contributed by atoms with van der Waals surface area (Å²) in [6, 6.07) is 0. The van der Waals surface area contributed by atoms with Crippen molar-refractivity contribution in [2.75, 3.05) is 19.8 Å². The lowest BCUT2D eigenvalue weighted by molar-refractivity contribution is -0.162. The van der Waals surface area contributed by atoms with Gasteiger partial charge in [0.2, 0.25) is 0 Å². The van der Waals surface area contributed by atoms with E-state index >= 15 is 0 Å². The number of hydrogen-bond acceptors (Lipinski definition) is 3. The molecule has 1 radical (unpaired) electrons. The van der Waals surface area contributed by atoms with Crippen LogP contribution in [0.5, 0.6) is 0 Å². The Bertz CT molecular complexity index is 157. The second kappa shape index (κ2) is 4.42. The second-order valence-electron chi connectivity index (χ2n) is 2.76. The van der Waals surface area contributed by atoms with Gasteiger partial charge in [-0.3, -0.25) is 4.79 Å². The van der Waals surface area contributed by atoms with E-state index in [1.807, 2.05) is 0 Å². The number of rotatable bonds is 2. The molecule has 0 aromatic carbocycles. The van der Waals surface area contributed by atoms with Crippen molar-refractivity contribution in [1.82, 2.24) is 0 Å². The number of esters is 1. The summed E-state index contributed by atoms with van der Waals surface area (Å²) in [7, 11) is 0. The molecule has 0 aromatic heterocycles. The van der Waals surface area contributed by atoms with Gasteiger partial charge >= 0.3 is 5.97 Å². The van der Waals surface area contributed by atoms with Gasteiger partial charge in [0.1, 0.15) is 6.10 Å². The molecule has 1 aliphatic rings. The van der Waals surface area contributed by atoms with Gasteiger partial charge in [-0.15, -0.1) is 0 Å². The van der Waals surface area contributed by atoms with Crippen molar-refractivity contribution in [1.29, 1.82) is 0 Å². The molecule has 0 saturated carbocycles. The molecule has 69 valence electrons. The number of carbonyl (C=O) groups excluding carboxylic acids is 1. The van der Waals surface area contributed by atoms with E-state index in [0.717, 1.165) is 0 Å². The molecule has 2 unspecified atom stereocenters. The molecular formula is C8H13O4. The largest absolute Gasteiger partial charge is 0.466 e. The fourth-order valence-corrected chi connectivity index (χ4v) is 1.23. The third-order valence-corrected chi connectivity index (χ3v) is 1.89. The van der Waals surface area contributed by atoms with E-state index in [1.165, 1.54) is 0 Å². The van der Waals surface area contributed by atoms with Gasteiger partial charge < -0.3 is 9.47 Å². The van der Waals surface area contributed by atoms with Crippen molar-refractivity contribution < 1.29 is 19.4 Å². The lowest BCUT2D eigenvalue weighted by atomic mass is 9.98. The summed E-state index contributed by atoms with van der Waals surface area (Å²) in [5.41, 5.74) is 0. The Labute approximate surface area is 71.5 Å². The maximum Gasteiger partial charge on any atom is 0.311 e. The lowest BCUT2D eigenvalue weighted by Gasteiger charge is -2.24. The van der Waals surface area contributed by atoms with Crippen LogP contribution >= 0.6 is 0 Å². The summed E-state index contributed by atoms with van der Waals surface area (Å²) >= 11 is 0. The van der Waals surface area contributed by atoms with E-state index in [4.69, 9.17) is 9.47 Å². The molecule has 0 aliphatic carbocycles. The van der Waals surface area contributed by atoms with Crippen LogP contribution in [0, 0.1) is 5.92 Å². The minimum Gasteiger partial charge on any atom is -0.466 e. The Morgan fingerprint density at radius 3 is 3.00 bits per heavy atom. The summed E-state index contributed by atoms with van der Waals surface area (Å²) in [4.78, 5) is 11.1. The minimum absolute atomic E-state index is 0.128. The number of carbonyl (C=O) groups is 1. The average Bonchev–Trinajstić information content (AvgIpc) is 2.05. The first-order valence-electron chi connectivity index (χ1n) is 4.16. The number of hydrogen-bond donors (Lipinski definition) is 0. The van der Waals surface area contributed by atoms with Crippen LogP contribution < -0.4 is 0 Å². The van der Waals surface area contributed by atoms with E-state index in [0.29, 0.717) is 19.6 Å². The van der Waals surface area contributed by atoms with Crippen LogP contribution in [-0.4, -0.2) is 31.9 Å². The zero-order valence-corrected chi connectivity index (χ0v) is 7.12. The van der Waals surface area contributed by atoms with Gasteiger partial charge in [0.15, 0.2) is 0 Å². The molecule has 1 aliphatic heterocycles. The summed E-state index contributed by atoms with van der Waals surface area (Å²) in [6.45, 7) is 2.69. The highest BCUT2D eigenvalue weighted by Crippen LogP contribution is 2.17. The second-order valence-corrected chi connectivity index (χ2v) is 2.76. The predicted molar refractivity (Wildman–Crippen MR) is 40.0 cm³/mol. The quantitative estimate of drug-likeness (QED) is 0.567. The Kier molecular flexibility index (Phi) is 3.49. The third-order valence-electron chi connectivity index (χ3n) is 1.89. The molecule has 1 rings (SSSR count). The van der Waals surface area contributed by atoms with Gasteiger partial charge in [-0.25, -0.2) is 5.11 Å². The van der Waals surface area contributed by atoms with Gasteiger partial charge in [-0.05, 0) is 13.3 Å². The Balaban J connectivity index is 2.42. The molecule has 0 bridgehead atoms. The Morgan fingerprint density at radius 1 is 1.67 bits per heavy atom. The zero-order valence-electron chi connectivity index (χ0n) is 7.12. The molecule has 4 nitrogen and oxygen atoms in total. The predicted octanol–water partition coefficient (Wildman–Crippen LogP) is 0.385. The first kappa shape index (κ1) is 9.48. The Hall–Kier alpha value is -0.610. The highest BCUT2D eigenvalue weighted by Gasteiger charge is 2.32. The SMILES string of the molecule is CCOC(=O)C1CCOCC1[O]. The summed E-state index contributed by atoms with van der Waals surface area (Å²) in [5.74, 6) is -0.875. The maximum absolute atomic E-state index is 11.2. The normalized spacial score (nSPS) is 29.8. The van der Waals surface area contributed by atoms with Crippen molar-refractivity contribution in [2.45, 2.75) is 19.4 Å². The molecule has 0 N–H and O–H groups in total. The maximum atomic E-state index is 11.2. The third kappa shape index (κ3) is 2.19. The van der Waals surface area contributed by atoms with Gasteiger partial charge in [0.05, 0.1) is 19.1 Å². The highest BCUT2D eigenvalue weighted by atomic mass is 16.5. The molecule has 1 saturated heterocycles.